The molecule has 2 aliphatic rings. The second kappa shape index (κ2) is 9.63. The second-order valence-electron chi connectivity index (χ2n) is 7.63. The number of nitrogens with zero attached hydrogens (tertiary/aromatic N) is 4. The number of carbonyl (C=O) groups is 1. The van der Waals surface area contributed by atoms with Crippen LogP contribution >= 0.6 is 0 Å². The summed E-state index contributed by atoms with van der Waals surface area (Å²) in [6.07, 6.45) is 0.812. The monoisotopic (exact) mass is 469 g/mol. The van der Waals surface area contributed by atoms with Crippen molar-refractivity contribution in [1.29, 1.82) is 0 Å². The number of aliphatic carboxylic acids is 1. The van der Waals surface area contributed by atoms with Gasteiger partial charge in [0.2, 0.25) is 5.95 Å². The van der Waals surface area contributed by atoms with Crippen molar-refractivity contribution in [3.8, 4) is 0 Å². The van der Waals surface area contributed by atoms with Crippen molar-refractivity contribution >= 4 is 22.1 Å². The number of aromatic nitrogens is 2. The van der Waals surface area contributed by atoms with Gasteiger partial charge in [0.1, 0.15) is 0 Å². The van der Waals surface area contributed by atoms with Crippen LogP contribution in [0.25, 0.3) is 0 Å². The molecule has 3 rings (SSSR count). The van der Waals surface area contributed by atoms with Crippen LogP contribution in [0.1, 0.15) is 24.8 Å². The van der Waals surface area contributed by atoms with Gasteiger partial charge in [-0.2, -0.15) is 30.2 Å². The minimum Gasteiger partial charge on any atom is -0.475 e. The Balaban J connectivity index is 0.000000423. The summed E-state index contributed by atoms with van der Waals surface area (Å²) in [6, 6.07) is 0.184. The maximum atomic E-state index is 12.3. The van der Waals surface area contributed by atoms with Crippen molar-refractivity contribution < 1.29 is 36.2 Å². The number of rotatable bonds is 4. The van der Waals surface area contributed by atoms with E-state index in [0.717, 1.165) is 18.4 Å². The molecule has 1 spiro atoms. The fraction of sp³-hybridized carbons (Fsp3) is 0.706. The summed E-state index contributed by atoms with van der Waals surface area (Å²) in [5, 5.41) is 10.5. The quantitative estimate of drug-likeness (QED) is 0.675. The molecule has 14 heteroatoms. The summed E-state index contributed by atoms with van der Waals surface area (Å²) in [5.74, 6) is -2.15. The predicted molar refractivity (Wildman–Crippen MR) is 105 cm³/mol. The van der Waals surface area contributed by atoms with Crippen molar-refractivity contribution in [3.63, 3.8) is 0 Å². The van der Waals surface area contributed by atoms with Crippen LogP contribution < -0.4 is 5.32 Å². The Bertz CT molecular complexity index is 866. The fourth-order valence-corrected chi connectivity index (χ4v) is 4.50. The van der Waals surface area contributed by atoms with Crippen molar-refractivity contribution in [2.45, 2.75) is 44.0 Å². The van der Waals surface area contributed by atoms with E-state index in [4.69, 9.17) is 14.6 Å². The Morgan fingerprint density at radius 2 is 1.94 bits per heavy atom. The summed E-state index contributed by atoms with van der Waals surface area (Å²) in [7, 11) is -0.278. The van der Waals surface area contributed by atoms with E-state index in [2.05, 4.69) is 15.3 Å². The zero-order chi connectivity index (χ0) is 23.4. The van der Waals surface area contributed by atoms with Gasteiger partial charge in [-0.15, -0.1) is 0 Å². The first-order chi connectivity index (χ1) is 14.2. The number of anilines is 1. The predicted octanol–water partition coefficient (Wildman–Crippen LogP) is 1.26. The van der Waals surface area contributed by atoms with Crippen molar-refractivity contribution in [1.82, 2.24) is 18.6 Å². The first-order valence-electron chi connectivity index (χ1n) is 9.42. The van der Waals surface area contributed by atoms with E-state index in [1.54, 1.807) is 26.5 Å². The Morgan fingerprint density at radius 3 is 2.45 bits per heavy atom. The van der Waals surface area contributed by atoms with Crippen LogP contribution in [0.15, 0.2) is 12.4 Å². The Morgan fingerprint density at radius 1 is 1.35 bits per heavy atom. The second-order valence-corrected chi connectivity index (χ2v) is 9.77. The van der Waals surface area contributed by atoms with Gasteiger partial charge >= 0.3 is 12.1 Å². The molecule has 0 bridgehead atoms. The Labute approximate surface area is 178 Å². The highest BCUT2D eigenvalue weighted by Gasteiger charge is 2.47. The molecule has 2 N–H and O–H groups in total. The number of alkyl halides is 3. The molecule has 0 radical (unpaired) electrons. The number of carboxylic acid groups (broad SMARTS) is 1. The topological polar surface area (TPSA) is 125 Å². The largest absolute Gasteiger partial charge is 0.490 e. The molecule has 2 fully saturated rings. The van der Waals surface area contributed by atoms with Gasteiger partial charge in [0.05, 0.1) is 5.60 Å². The summed E-state index contributed by atoms with van der Waals surface area (Å²) >= 11 is 0. The summed E-state index contributed by atoms with van der Waals surface area (Å²) in [5.41, 5.74) is 0.605. The molecule has 0 aliphatic carbocycles. The molecule has 2 atom stereocenters. The molecule has 0 aromatic carbocycles. The zero-order valence-corrected chi connectivity index (χ0v) is 18.2. The van der Waals surface area contributed by atoms with Crippen molar-refractivity contribution in [2.24, 2.45) is 0 Å². The highest BCUT2D eigenvalue weighted by atomic mass is 32.2. The lowest BCUT2D eigenvalue weighted by molar-refractivity contribution is -0.192. The van der Waals surface area contributed by atoms with E-state index < -0.39 is 28.0 Å². The average molecular weight is 469 g/mol. The number of carboxylic acids is 1. The molecule has 0 amide bonds. The third-order valence-corrected chi connectivity index (χ3v) is 6.81. The van der Waals surface area contributed by atoms with Crippen LogP contribution in [0.4, 0.5) is 19.1 Å². The number of hydrogen-bond donors (Lipinski definition) is 2. The van der Waals surface area contributed by atoms with Crippen LogP contribution in [0, 0.1) is 6.92 Å². The Kier molecular flexibility index (Phi) is 7.84. The normalized spacial score (nSPS) is 24.7. The summed E-state index contributed by atoms with van der Waals surface area (Å²) < 4.78 is 65.2. The average Bonchev–Trinajstić information content (AvgIpc) is 3.07. The van der Waals surface area contributed by atoms with Gasteiger partial charge in [-0.25, -0.2) is 14.8 Å². The van der Waals surface area contributed by atoms with Gasteiger partial charge in [-0.05, 0) is 31.7 Å². The molecular weight excluding hydrogens is 443 g/mol. The van der Waals surface area contributed by atoms with Gasteiger partial charge in [-0.3, -0.25) is 0 Å². The van der Waals surface area contributed by atoms with E-state index in [1.165, 1.54) is 8.61 Å². The maximum Gasteiger partial charge on any atom is 0.490 e. The zero-order valence-electron chi connectivity index (χ0n) is 17.4. The Hall–Kier alpha value is -2.03. The number of ether oxygens (including phenoxy) is 1. The summed E-state index contributed by atoms with van der Waals surface area (Å²) in [6.45, 7) is 3.46. The lowest BCUT2D eigenvalue weighted by atomic mass is 9.89. The minimum absolute atomic E-state index is 0.184. The molecule has 0 unspecified atom stereocenters. The fourth-order valence-electron chi connectivity index (χ4n) is 3.32. The van der Waals surface area contributed by atoms with E-state index in [9.17, 15) is 21.6 Å². The number of nitrogens with one attached hydrogen (secondary N) is 1. The lowest BCUT2D eigenvalue weighted by Gasteiger charge is -2.38. The van der Waals surface area contributed by atoms with Crippen LogP contribution in [-0.4, -0.2) is 89.7 Å². The third kappa shape index (κ3) is 6.72. The van der Waals surface area contributed by atoms with Crippen molar-refractivity contribution in [3.05, 3.63) is 18.0 Å². The molecule has 10 nitrogen and oxygen atoms in total. The van der Waals surface area contributed by atoms with Crippen LogP contribution in [0.5, 0.6) is 0 Å². The molecule has 176 valence electrons. The smallest absolute Gasteiger partial charge is 0.475 e. The van der Waals surface area contributed by atoms with Crippen molar-refractivity contribution in [2.75, 3.05) is 39.1 Å². The van der Waals surface area contributed by atoms with E-state index >= 15 is 0 Å². The van der Waals surface area contributed by atoms with E-state index in [-0.39, 0.29) is 6.04 Å². The first kappa shape index (κ1) is 25.2. The SMILES string of the molecule is Cc1cnc(N[C@@H]2CCO[C@]3(CCN(S(=O)(=O)N(C)C)C3)C2)nc1.O=C(O)C(F)(F)F. The summed E-state index contributed by atoms with van der Waals surface area (Å²) in [4.78, 5) is 17.5. The van der Waals surface area contributed by atoms with Gasteiger partial charge in [0, 0.05) is 52.2 Å². The van der Waals surface area contributed by atoms with E-state index in [0.29, 0.717) is 32.1 Å². The lowest BCUT2D eigenvalue weighted by Crippen LogP contribution is -2.48. The highest BCUT2D eigenvalue weighted by Crippen LogP contribution is 2.36. The highest BCUT2D eigenvalue weighted by molar-refractivity contribution is 7.86. The van der Waals surface area contributed by atoms with Gasteiger partial charge in [-0.1, -0.05) is 0 Å². The van der Waals surface area contributed by atoms with Crippen LogP contribution in [0.2, 0.25) is 0 Å². The number of halogens is 3. The maximum absolute atomic E-state index is 12.3. The first-order valence-corrected chi connectivity index (χ1v) is 10.8. The molecule has 1 aromatic rings. The molecule has 3 heterocycles. The molecular formula is C17H26F3N5O5S. The number of hydrogen-bond acceptors (Lipinski definition) is 7. The standard InChI is InChI=1S/C15H25N5O3S.C2HF3O2/c1-12-9-16-14(17-10-12)18-13-4-7-23-15(8-13)5-6-20(11-15)24(21,22)19(2)3;3-2(4,5)1(6)7/h9-10,13H,4-8,11H2,1-3H3,(H,16,17,18);(H,6,7)/t13-,15-;/m1./s1. The molecule has 0 saturated carbocycles. The number of aryl methyl sites for hydroxylation is 1. The molecule has 1 aromatic heterocycles. The van der Waals surface area contributed by atoms with Gasteiger partial charge in [0.15, 0.2) is 0 Å². The molecule has 31 heavy (non-hydrogen) atoms. The van der Waals surface area contributed by atoms with Gasteiger partial charge in [0.25, 0.3) is 10.2 Å². The van der Waals surface area contributed by atoms with Crippen LogP contribution in [0.3, 0.4) is 0 Å². The minimum atomic E-state index is -5.08. The van der Waals surface area contributed by atoms with E-state index in [1.807, 2.05) is 6.92 Å². The molecule has 2 aliphatic heterocycles. The molecule has 2 saturated heterocycles. The van der Waals surface area contributed by atoms with Crippen LogP contribution in [-0.2, 0) is 19.7 Å². The van der Waals surface area contributed by atoms with Gasteiger partial charge < -0.3 is 15.2 Å². The third-order valence-electron chi connectivity index (χ3n) is 4.92.